The molecule has 5 aromatic rings. The summed E-state index contributed by atoms with van der Waals surface area (Å²) in [5.41, 5.74) is 5.63. The van der Waals surface area contributed by atoms with Gasteiger partial charge in [0.05, 0.1) is 11.3 Å². The summed E-state index contributed by atoms with van der Waals surface area (Å²) in [6, 6.07) is 18.3. The fraction of sp³-hybridized carbons (Fsp3) is 0.465. The van der Waals surface area contributed by atoms with E-state index in [-0.39, 0.29) is 48.9 Å². The maximum atomic E-state index is 12.3. The van der Waals surface area contributed by atoms with Crippen LogP contribution >= 0.6 is 11.3 Å². The van der Waals surface area contributed by atoms with E-state index in [1.807, 2.05) is 30.3 Å². The molecule has 0 aliphatic heterocycles. The maximum absolute atomic E-state index is 12.3. The molecule has 0 aliphatic carbocycles. The first kappa shape index (κ1) is 38.9. The summed E-state index contributed by atoms with van der Waals surface area (Å²) in [5, 5.41) is 13.3. The summed E-state index contributed by atoms with van der Waals surface area (Å²) in [4.78, 5) is 21.6. The Morgan fingerprint density at radius 2 is 1.55 bits per heavy atom. The number of carbonyl (C=O) groups is 1. The fourth-order valence-electron chi connectivity index (χ4n) is 7.12. The number of aliphatic hydroxyl groups excluding tert-OH is 1. The average Bonchev–Trinajstić information content (AvgIpc) is 3.33. The molecule has 5 rings (SSSR count). The molecule has 1 radical (unpaired) electrons. The Hall–Kier alpha value is -2.92. The molecule has 0 spiro atoms. The third-order valence-electron chi connectivity index (χ3n) is 9.09. The van der Waals surface area contributed by atoms with Gasteiger partial charge in [0.1, 0.15) is 6.33 Å². The third kappa shape index (κ3) is 9.87. The molecule has 2 heterocycles. The second-order valence-electron chi connectivity index (χ2n) is 15.9. The largest absolute Gasteiger partial charge is 0.512 e. The van der Waals surface area contributed by atoms with E-state index in [1.165, 1.54) is 27.3 Å². The van der Waals surface area contributed by atoms with Gasteiger partial charge in [0.2, 0.25) is 0 Å². The minimum absolute atomic E-state index is 0. The fourth-order valence-corrected chi connectivity index (χ4v) is 8.33. The normalized spacial score (nSPS) is 12.9. The van der Waals surface area contributed by atoms with Crippen LogP contribution in [0.2, 0.25) is 0 Å². The van der Waals surface area contributed by atoms with Gasteiger partial charge in [-0.25, -0.2) is 4.98 Å². The van der Waals surface area contributed by atoms with Crippen molar-refractivity contribution in [3.05, 3.63) is 83.9 Å². The van der Waals surface area contributed by atoms with E-state index in [4.69, 9.17) is 1.37 Å². The van der Waals surface area contributed by atoms with Crippen molar-refractivity contribution in [1.82, 2.24) is 9.97 Å². The Bertz CT molecular complexity index is 1950. The van der Waals surface area contributed by atoms with E-state index in [0.717, 1.165) is 38.7 Å². The molecule has 0 saturated heterocycles. The number of aromatic nitrogens is 2. The van der Waals surface area contributed by atoms with Gasteiger partial charge in [-0.05, 0) is 65.7 Å². The van der Waals surface area contributed by atoms with Gasteiger partial charge in [-0.15, -0.1) is 41.0 Å². The molecule has 0 aliphatic rings. The predicted octanol–water partition coefficient (Wildman–Crippen LogP) is 12.2. The second-order valence-corrected chi connectivity index (χ2v) is 16.9. The van der Waals surface area contributed by atoms with Crippen molar-refractivity contribution >= 4 is 48.2 Å². The van der Waals surface area contributed by atoms with Gasteiger partial charge in [0.25, 0.3) is 0 Å². The van der Waals surface area contributed by atoms with Crippen molar-refractivity contribution in [1.29, 1.82) is 0 Å². The summed E-state index contributed by atoms with van der Waals surface area (Å²) in [6.07, 6.45) is 4.16. The first-order valence-electron chi connectivity index (χ1n) is 17.9. The van der Waals surface area contributed by atoms with E-state index in [1.54, 1.807) is 17.7 Å². The van der Waals surface area contributed by atoms with Gasteiger partial charge in [0, 0.05) is 59.9 Å². The first-order chi connectivity index (χ1) is 22.9. The number of hydrogen-bond donors (Lipinski definition) is 1. The summed E-state index contributed by atoms with van der Waals surface area (Å²) in [7, 11) is 0. The van der Waals surface area contributed by atoms with E-state index in [2.05, 4.69) is 111 Å². The van der Waals surface area contributed by atoms with Gasteiger partial charge in [-0.2, -0.15) is 0 Å². The van der Waals surface area contributed by atoms with Crippen LogP contribution in [-0.4, -0.2) is 20.9 Å². The average molecular weight is 857 g/mol. The number of hydrogen-bond acceptors (Lipinski definition) is 5. The van der Waals surface area contributed by atoms with Gasteiger partial charge in [0.15, 0.2) is 5.78 Å². The summed E-state index contributed by atoms with van der Waals surface area (Å²) >= 11 is 1.74. The van der Waals surface area contributed by atoms with Crippen molar-refractivity contribution in [2.24, 2.45) is 40.9 Å². The first-order valence-corrected chi connectivity index (χ1v) is 18.2. The molecule has 0 unspecified atom stereocenters. The Balaban J connectivity index is 0.000000296. The number of fused-ring (bicyclic) bond motifs is 4. The number of carbonyl (C=O) groups excluding carboxylic acids is 1. The van der Waals surface area contributed by atoms with E-state index >= 15 is 0 Å². The number of thiophene rings is 1. The van der Waals surface area contributed by atoms with Gasteiger partial charge in [-0.3, -0.25) is 9.78 Å². The van der Waals surface area contributed by atoms with Crippen LogP contribution in [0.4, 0.5) is 0 Å². The number of rotatable bonds is 9. The minimum Gasteiger partial charge on any atom is -0.512 e. The van der Waals surface area contributed by atoms with Gasteiger partial charge < -0.3 is 5.11 Å². The Kier molecular flexibility index (Phi) is 13.4. The van der Waals surface area contributed by atoms with Crippen LogP contribution in [0.15, 0.2) is 66.7 Å². The van der Waals surface area contributed by atoms with Crippen LogP contribution in [0.1, 0.15) is 88.7 Å². The molecule has 4 nitrogen and oxygen atoms in total. The van der Waals surface area contributed by atoms with Crippen LogP contribution in [0.3, 0.4) is 0 Å². The number of aliphatic hydroxyl groups is 1. The Morgan fingerprint density at radius 1 is 0.939 bits per heavy atom. The topological polar surface area (TPSA) is 63.1 Å². The molecule has 49 heavy (non-hydrogen) atoms. The number of ketones is 1. The summed E-state index contributed by atoms with van der Waals surface area (Å²) in [6.45, 7) is 25.6. The number of allylic oxidation sites excluding steroid dienone is 2. The van der Waals surface area contributed by atoms with Crippen LogP contribution in [-0.2, 0) is 31.3 Å². The van der Waals surface area contributed by atoms with E-state index < -0.39 is 0 Å². The zero-order chi connectivity index (χ0) is 36.4. The smallest absolute Gasteiger partial charge is 0.162 e. The molecule has 1 N–H and O–H groups in total. The number of benzene rings is 3. The molecule has 0 amide bonds. The van der Waals surface area contributed by atoms with Crippen LogP contribution < -0.4 is 0 Å². The predicted molar refractivity (Wildman–Crippen MR) is 207 cm³/mol. The van der Waals surface area contributed by atoms with Crippen molar-refractivity contribution in [2.75, 3.05) is 0 Å². The van der Waals surface area contributed by atoms with Crippen molar-refractivity contribution in [3.63, 3.8) is 0 Å². The summed E-state index contributed by atoms with van der Waals surface area (Å²) < 4.78 is 10.7. The Labute approximate surface area is 313 Å². The molecule has 3 aromatic carbocycles. The summed E-state index contributed by atoms with van der Waals surface area (Å²) in [5.74, 6) is 1.63. The number of nitrogens with zero attached hydrogens (tertiary/aromatic N) is 2. The van der Waals surface area contributed by atoms with Crippen LogP contribution in [0.5, 0.6) is 0 Å². The van der Waals surface area contributed by atoms with Crippen molar-refractivity contribution in [2.45, 2.75) is 89.5 Å². The van der Waals surface area contributed by atoms with E-state index in [9.17, 15) is 9.90 Å². The molecule has 2 aromatic heterocycles. The minimum atomic E-state index is -0.0119. The third-order valence-corrected chi connectivity index (χ3v) is 10.2. The molecule has 0 bridgehead atoms. The van der Waals surface area contributed by atoms with Crippen LogP contribution in [0.25, 0.3) is 42.3 Å². The van der Waals surface area contributed by atoms with Gasteiger partial charge in [-0.1, -0.05) is 105 Å². The zero-order valence-electron chi connectivity index (χ0n) is 32.4. The Morgan fingerprint density at radius 3 is 2.14 bits per heavy atom. The second kappa shape index (κ2) is 16.9. The zero-order valence-corrected chi connectivity index (χ0v) is 34.6. The maximum Gasteiger partial charge on any atom is 0.162 e. The molecular formula is C43H55IrN2O2S-. The number of aryl methyl sites for hydroxylation is 1. The molecular weight excluding hydrogens is 801 g/mol. The molecule has 0 fully saturated rings. The van der Waals surface area contributed by atoms with Crippen molar-refractivity contribution in [3.8, 4) is 11.3 Å². The molecule has 6 heteroatoms. The standard InChI is InChI=1S/C26H23N2S.C17H32O2.Ir/c1-16-11-21-22(13-20(16)14-26(2,3)4)29-25-23(27-15-28-24(21)25)19-10-9-17-7-5-6-8-18(17)12-19;1-10(2)16(11(3)4)14(18)9-15(19)17(12(5)6)13(7)8;/h5-11,13,15H,14H2,1-4H3;9-13,16-18H,1-8H3;/q-1;;/b;14-9-;/i9D;;. The molecule has 0 atom stereocenters. The monoisotopic (exact) mass is 857 g/mol. The van der Waals surface area contributed by atoms with Gasteiger partial charge >= 0.3 is 0 Å². The van der Waals surface area contributed by atoms with Crippen LogP contribution in [0, 0.1) is 53.9 Å². The quantitative estimate of drug-likeness (QED) is 0.0911. The molecule has 0 saturated carbocycles. The van der Waals surface area contributed by atoms with E-state index in [0.29, 0.717) is 29.7 Å². The SMILES string of the molecule is CC(C)C(C(=O)/C=C(\O)C(C(C)C)C(C)C)C(C)C.[2H]c1cc(-c2ncnc3c2sc2cc(CC(C)(C)C)c(C)cc23)[c-]c2ccccc12.[Ir]. The molecule has 265 valence electrons. The van der Waals surface area contributed by atoms with Crippen molar-refractivity contribution < 1.29 is 31.4 Å².